The lowest BCUT2D eigenvalue weighted by Gasteiger charge is -2.25. The zero-order valence-corrected chi connectivity index (χ0v) is 19.5. The average Bonchev–Trinajstić information content (AvgIpc) is 3.19. The first-order valence-electron chi connectivity index (χ1n) is 9.97. The number of sulfonamides is 1. The second kappa shape index (κ2) is 8.43. The SMILES string of the molecule is Cc1ccc(S(=O)(=O)Nc2ccc(O[N+]3(c4ccc(C)cc4C)C=CC=N3)c(Cl)c2)cc1. The molecule has 0 spiro atoms. The van der Waals surface area contributed by atoms with E-state index in [0.717, 1.165) is 22.4 Å². The quantitative estimate of drug-likeness (QED) is 0.459. The molecule has 1 N–H and O–H groups in total. The van der Waals surface area contributed by atoms with E-state index in [1.807, 2.05) is 39.1 Å². The number of quaternary nitrogens is 1. The molecule has 164 valence electrons. The molecule has 0 saturated carbocycles. The average molecular weight is 469 g/mol. The molecular formula is C24H23ClN3O3S+. The van der Waals surface area contributed by atoms with E-state index in [1.54, 1.807) is 48.7 Å². The third-order valence-corrected chi connectivity index (χ3v) is 6.76. The van der Waals surface area contributed by atoms with E-state index in [1.165, 1.54) is 6.07 Å². The summed E-state index contributed by atoms with van der Waals surface area (Å²) >= 11 is 6.47. The van der Waals surface area contributed by atoms with Crippen molar-refractivity contribution >= 4 is 39.2 Å². The molecular weight excluding hydrogens is 446 g/mol. The first-order chi connectivity index (χ1) is 15.2. The topological polar surface area (TPSA) is 67.8 Å². The molecule has 8 heteroatoms. The summed E-state index contributed by atoms with van der Waals surface area (Å²) in [6.07, 6.45) is 5.27. The van der Waals surface area contributed by atoms with Crippen molar-refractivity contribution in [1.82, 2.24) is 4.76 Å². The number of aryl methyl sites for hydroxylation is 3. The van der Waals surface area contributed by atoms with Crippen LogP contribution in [0, 0.1) is 20.8 Å². The van der Waals surface area contributed by atoms with Crippen molar-refractivity contribution in [3.8, 4) is 5.75 Å². The summed E-state index contributed by atoms with van der Waals surface area (Å²) in [5.74, 6) is 0.369. The van der Waals surface area contributed by atoms with Crippen LogP contribution in [0.25, 0.3) is 0 Å². The van der Waals surface area contributed by atoms with Crippen molar-refractivity contribution in [3.63, 3.8) is 0 Å². The minimum absolute atomic E-state index is 0.176. The molecule has 1 atom stereocenters. The number of hydrogen-bond donors (Lipinski definition) is 1. The second-order valence-electron chi connectivity index (χ2n) is 7.67. The van der Waals surface area contributed by atoms with Gasteiger partial charge in [-0.15, -0.1) is 0 Å². The lowest BCUT2D eigenvalue weighted by atomic mass is 10.1. The van der Waals surface area contributed by atoms with Crippen molar-refractivity contribution in [2.24, 2.45) is 5.10 Å². The molecule has 0 bridgehead atoms. The maximum absolute atomic E-state index is 12.7. The molecule has 0 radical (unpaired) electrons. The molecule has 0 amide bonds. The summed E-state index contributed by atoms with van der Waals surface area (Å²) in [4.78, 5) is 6.40. The van der Waals surface area contributed by atoms with Crippen molar-refractivity contribution in [3.05, 3.63) is 94.7 Å². The fourth-order valence-corrected chi connectivity index (χ4v) is 4.73. The normalized spacial score (nSPS) is 17.5. The lowest BCUT2D eigenvalue weighted by Crippen LogP contribution is -2.40. The Balaban J connectivity index is 1.61. The van der Waals surface area contributed by atoms with Crippen LogP contribution < -0.4 is 14.3 Å². The van der Waals surface area contributed by atoms with Crippen molar-refractivity contribution in [2.45, 2.75) is 25.7 Å². The predicted octanol–water partition coefficient (Wildman–Crippen LogP) is 5.88. The Morgan fingerprint density at radius 3 is 2.28 bits per heavy atom. The molecule has 3 aromatic carbocycles. The van der Waals surface area contributed by atoms with Gasteiger partial charge in [0.1, 0.15) is 0 Å². The summed E-state index contributed by atoms with van der Waals surface area (Å²) in [6, 6.07) is 17.4. The number of halogens is 1. The fraction of sp³-hybridized carbons (Fsp3) is 0.125. The van der Waals surface area contributed by atoms with E-state index in [2.05, 4.69) is 15.9 Å². The zero-order valence-electron chi connectivity index (χ0n) is 17.9. The van der Waals surface area contributed by atoms with Crippen LogP contribution in [0.2, 0.25) is 5.02 Å². The van der Waals surface area contributed by atoms with Gasteiger partial charge in [-0.05, 0) is 56.2 Å². The molecule has 1 unspecified atom stereocenters. The molecule has 6 nitrogen and oxygen atoms in total. The summed E-state index contributed by atoms with van der Waals surface area (Å²) in [5.41, 5.74) is 4.32. The van der Waals surface area contributed by atoms with Gasteiger partial charge in [-0.3, -0.25) is 9.56 Å². The third-order valence-electron chi connectivity index (χ3n) is 5.06. The molecule has 32 heavy (non-hydrogen) atoms. The fourth-order valence-electron chi connectivity index (χ4n) is 3.46. The Labute approximate surface area is 193 Å². The highest BCUT2D eigenvalue weighted by atomic mass is 35.5. The highest BCUT2D eigenvalue weighted by Crippen LogP contribution is 2.37. The maximum Gasteiger partial charge on any atom is 0.261 e. The minimum Gasteiger partial charge on any atom is -0.280 e. The number of rotatable bonds is 6. The Bertz CT molecular complexity index is 1320. The molecule has 1 aliphatic heterocycles. The number of benzene rings is 3. The Morgan fingerprint density at radius 1 is 0.938 bits per heavy atom. The molecule has 0 fully saturated rings. The van der Waals surface area contributed by atoms with Crippen LogP contribution >= 0.6 is 11.6 Å². The van der Waals surface area contributed by atoms with E-state index in [0.29, 0.717) is 11.4 Å². The number of hydroxylamine groups is 1. The highest BCUT2D eigenvalue weighted by molar-refractivity contribution is 7.92. The molecule has 1 heterocycles. The minimum atomic E-state index is -3.73. The van der Waals surface area contributed by atoms with Crippen LogP contribution in [-0.4, -0.2) is 14.6 Å². The van der Waals surface area contributed by atoms with Gasteiger partial charge in [0.15, 0.2) is 6.20 Å². The summed E-state index contributed by atoms with van der Waals surface area (Å²) in [7, 11) is -3.73. The summed E-state index contributed by atoms with van der Waals surface area (Å²) in [6.45, 7) is 5.92. The van der Waals surface area contributed by atoms with Crippen LogP contribution in [0.1, 0.15) is 16.7 Å². The van der Waals surface area contributed by atoms with E-state index >= 15 is 0 Å². The zero-order chi connectivity index (χ0) is 22.9. The molecule has 0 saturated heterocycles. The van der Waals surface area contributed by atoms with Gasteiger partial charge in [0.2, 0.25) is 11.4 Å². The molecule has 0 aliphatic carbocycles. The highest BCUT2D eigenvalue weighted by Gasteiger charge is 2.37. The van der Waals surface area contributed by atoms with E-state index in [4.69, 9.17) is 16.4 Å². The molecule has 4 rings (SSSR count). The molecule has 0 aromatic heterocycles. The predicted molar refractivity (Wildman–Crippen MR) is 129 cm³/mol. The van der Waals surface area contributed by atoms with E-state index in [9.17, 15) is 8.42 Å². The Hall–Kier alpha value is -3.13. The van der Waals surface area contributed by atoms with E-state index < -0.39 is 10.0 Å². The number of nitrogens with zero attached hydrogens (tertiary/aromatic N) is 2. The van der Waals surface area contributed by atoms with Crippen molar-refractivity contribution in [1.29, 1.82) is 0 Å². The Kier molecular flexibility index (Phi) is 5.81. The van der Waals surface area contributed by atoms with E-state index in [-0.39, 0.29) is 14.7 Å². The van der Waals surface area contributed by atoms with Crippen LogP contribution in [0.3, 0.4) is 0 Å². The van der Waals surface area contributed by atoms with Gasteiger partial charge >= 0.3 is 0 Å². The van der Waals surface area contributed by atoms with Gasteiger partial charge in [0.25, 0.3) is 10.0 Å². The number of allylic oxidation sites excluding steroid dienone is 1. The number of hydrogen-bond acceptors (Lipinski definition) is 4. The first kappa shape index (κ1) is 22.1. The summed E-state index contributed by atoms with van der Waals surface area (Å²) < 4.78 is 27.7. The van der Waals surface area contributed by atoms with Crippen LogP contribution in [0.4, 0.5) is 11.4 Å². The monoisotopic (exact) mass is 468 g/mol. The standard InChI is InChI=1S/C24H23ClN3O3S/c1-17-5-9-21(10-6-17)32(29,30)27-20-8-12-24(22(25)16-20)31-28(14-4-13-26-28)23-11-7-18(2)15-19(23)3/h4-16,27H,1-3H3/q+1. The van der Waals surface area contributed by atoms with Crippen LogP contribution in [0.15, 0.2) is 82.9 Å². The van der Waals surface area contributed by atoms with Gasteiger partial charge < -0.3 is 0 Å². The molecule has 3 aromatic rings. The smallest absolute Gasteiger partial charge is 0.261 e. The van der Waals surface area contributed by atoms with Crippen molar-refractivity contribution < 1.29 is 13.3 Å². The number of anilines is 1. The number of nitrogens with one attached hydrogen (secondary N) is 1. The lowest BCUT2D eigenvalue weighted by molar-refractivity contribution is 0.00632. The van der Waals surface area contributed by atoms with Gasteiger partial charge in [-0.1, -0.05) is 47.0 Å². The van der Waals surface area contributed by atoms with Gasteiger partial charge in [0.05, 0.1) is 21.8 Å². The largest absolute Gasteiger partial charge is 0.280 e. The molecule has 1 aliphatic rings. The van der Waals surface area contributed by atoms with Gasteiger partial charge in [-0.25, -0.2) is 8.42 Å². The van der Waals surface area contributed by atoms with Crippen molar-refractivity contribution in [2.75, 3.05) is 4.72 Å². The Morgan fingerprint density at radius 2 is 1.66 bits per heavy atom. The summed E-state index contributed by atoms with van der Waals surface area (Å²) in [5, 5.41) is 4.76. The second-order valence-corrected chi connectivity index (χ2v) is 9.76. The van der Waals surface area contributed by atoms with Crippen LogP contribution in [-0.2, 0) is 10.0 Å². The third kappa shape index (κ3) is 4.41. The van der Waals surface area contributed by atoms with Gasteiger partial charge in [0, 0.05) is 22.5 Å². The van der Waals surface area contributed by atoms with Gasteiger partial charge in [-0.2, -0.15) is 0 Å². The first-order valence-corrected chi connectivity index (χ1v) is 11.8. The van der Waals surface area contributed by atoms with Crippen LogP contribution in [0.5, 0.6) is 5.75 Å². The maximum atomic E-state index is 12.7.